The molecule has 1 aliphatic heterocycles. The van der Waals surface area contributed by atoms with Crippen LogP contribution >= 0.6 is 0 Å². The van der Waals surface area contributed by atoms with Crippen LogP contribution in [0, 0.1) is 6.92 Å². The van der Waals surface area contributed by atoms with Gasteiger partial charge in [0, 0.05) is 24.7 Å². The van der Waals surface area contributed by atoms with Gasteiger partial charge in [0.1, 0.15) is 6.33 Å². The van der Waals surface area contributed by atoms with Gasteiger partial charge in [0.2, 0.25) is 10.0 Å². The van der Waals surface area contributed by atoms with Gasteiger partial charge in [0.15, 0.2) is 0 Å². The smallest absolute Gasteiger partial charge is 0.251 e. The molecule has 1 saturated heterocycles. The molecular formula is C15H20N6O3S. The second kappa shape index (κ2) is 6.89. The van der Waals surface area contributed by atoms with Crippen molar-refractivity contribution in [2.75, 3.05) is 19.3 Å². The average molecular weight is 364 g/mol. The Morgan fingerprint density at radius 1 is 1.40 bits per heavy atom. The van der Waals surface area contributed by atoms with Crippen LogP contribution in [0.5, 0.6) is 0 Å². The van der Waals surface area contributed by atoms with E-state index in [0.29, 0.717) is 18.7 Å². The quantitative estimate of drug-likeness (QED) is 0.807. The van der Waals surface area contributed by atoms with Gasteiger partial charge in [0.25, 0.3) is 5.91 Å². The van der Waals surface area contributed by atoms with E-state index < -0.39 is 10.0 Å². The summed E-state index contributed by atoms with van der Waals surface area (Å²) < 4.78 is 26.5. The van der Waals surface area contributed by atoms with Gasteiger partial charge >= 0.3 is 0 Å². The van der Waals surface area contributed by atoms with Gasteiger partial charge in [-0.05, 0) is 54.0 Å². The molecule has 1 N–H and O–H groups in total. The minimum atomic E-state index is -3.24. The summed E-state index contributed by atoms with van der Waals surface area (Å²) in [6.07, 6.45) is 4.26. The van der Waals surface area contributed by atoms with Crippen molar-refractivity contribution in [2.45, 2.75) is 25.8 Å². The predicted octanol–water partition coefficient (Wildman–Crippen LogP) is 0.125. The maximum absolute atomic E-state index is 12.4. The number of benzene rings is 1. The van der Waals surface area contributed by atoms with Crippen LogP contribution in [0.15, 0.2) is 24.5 Å². The van der Waals surface area contributed by atoms with Crippen molar-refractivity contribution < 1.29 is 13.2 Å². The van der Waals surface area contributed by atoms with Crippen LogP contribution in [0.4, 0.5) is 0 Å². The van der Waals surface area contributed by atoms with E-state index in [1.807, 2.05) is 6.92 Å². The maximum Gasteiger partial charge on any atom is 0.251 e. The predicted molar refractivity (Wildman–Crippen MR) is 90.8 cm³/mol. The van der Waals surface area contributed by atoms with Gasteiger partial charge in [0.05, 0.1) is 11.9 Å². The Morgan fingerprint density at radius 2 is 2.20 bits per heavy atom. The molecule has 0 saturated carbocycles. The number of amides is 1. The van der Waals surface area contributed by atoms with Gasteiger partial charge in [-0.25, -0.2) is 13.1 Å². The number of nitrogens with one attached hydrogen (secondary N) is 1. The zero-order valence-electron chi connectivity index (χ0n) is 14.1. The lowest BCUT2D eigenvalue weighted by Gasteiger charge is -2.22. The molecule has 1 aromatic carbocycles. The fourth-order valence-corrected chi connectivity index (χ4v) is 4.27. The molecule has 0 spiro atoms. The highest BCUT2D eigenvalue weighted by Crippen LogP contribution is 2.20. The second-order valence-corrected chi connectivity index (χ2v) is 8.07. The monoisotopic (exact) mass is 364 g/mol. The molecule has 3 rings (SSSR count). The van der Waals surface area contributed by atoms with Crippen LogP contribution in [0.25, 0.3) is 5.69 Å². The Balaban J connectivity index is 1.67. The van der Waals surface area contributed by atoms with Crippen LogP contribution < -0.4 is 5.32 Å². The summed E-state index contributed by atoms with van der Waals surface area (Å²) in [5, 5.41) is 13.9. The third-order valence-corrected chi connectivity index (χ3v) is 5.63. The molecule has 25 heavy (non-hydrogen) atoms. The highest BCUT2D eigenvalue weighted by atomic mass is 32.2. The minimum Gasteiger partial charge on any atom is -0.350 e. The van der Waals surface area contributed by atoms with Crippen LogP contribution in [0.3, 0.4) is 0 Å². The minimum absolute atomic E-state index is 0.180. The standard InChI is InChI=1S/C15H20N6O3S/c1-11-8-12(5-6-14(11)20-10-17-18-19-20)15(22)16-9-13-4-3-7-21(13)25(2,23)24/h5-6,8,10,13H,3-4,7,9H2,1-2H3,(H,16,22)/t13-/m1/s1. The van der Waals surface area contributed by atoms with Crippen molar-refractivity contribution >= 4 is 15.9 Å². The first-order valence-corrected chi connectivity index (χ1v) is 9.80. The van der Waals surface area contributed by atoms with Gasteiger partial charge in [-0.1, -0.05) is 0 Å². The first-order valence-electron chi connectivity index (χ1n) is 7.95. The zero-order chi connectivity index (χ0) is 18.0. The third-order valence-electron chi connectivity index (χ3n) is 4.30. The van der Waals surface area contributed by atoms with Crippen LogP contribution in [-0.2, 0) is 10.0 Å². The molecule has 2 aromatic rings. The topological polar surface area (TPSA) is 110 Å². The van der Waals surface area contributed by atoms with Crippen molar-refractivity contribution in [3.05, 3.63) is 35.7 Å². The molecule has 1 aromatic heterocycles. The summed E-state index contributed by atoms with van der Waals surface area (Å²) in [4.78, 5) is 12.4. The van der Waals surface area contributed by atoms with Crippen molar-refractivity contribution in [1.82, 2.24) is 29.8 Å². The number of sulfonamides is 1. The molecule has 1 amide bonds. The van der Waals surface area contributed by atoms with Crippen LogP contribution in [-0.4, -0.2) is 64.2 Å². The fraction of sp³-hybridized carbons (Fsp3) is 0.467. The molecular weight excluding hydrogens is 344 g/mol. The normalized spacial score (nSPS) is 18.4. The van der Waals surface area contributed by atoms with Gasteiger partial charge < -0.3 is 5.32 Å². The third kappa shape index (κ3) is 3.85. The number of rotatable bonds is 5. The summed E-state index contributed by atoms with van der Waals surface area (Å²) in [6.45, 7) is 2.69. The highest BCUT2D eigenvalue weighted by molar-refractivity contribution is 7.88. The van der Waals surface area contributed by atoms with Crippen molar-refractivity contribution in [3.8, 4) is 5.69 Å². The largest absolute Gasteiger partial charge is 0.350 e. The Kier molecular flexibility index (Phi) is 4.82. The lowest BCUT2D eigenvalue weighted by Crippen LogP contribution is -2.42. The first kappa shape index (κ1) is 17.5. The Labute approximate surface area is 146 Å². The van der Waals surface area contributed by atoms with E-state index in [4.69, 9.17) is 0 Å². The SMILES string of the molecule is Cc1cc(C(=O)NC[C@H]2CCCN2S(C)(=O)=O)ccc1-n1cnnn1. The Bertz CT molecular complexity index is 865. The van der Waals surface area contributed by atoms with E-state index >= 15 is 0 Å². The molecule has 9 nitrogen and oxygen atoms in total. The summed E-state index contributed by atoms with van der Waals surface area (Å²) >= 11 is 0. The molecule has 0 aliphatic carbocycles. The van der Waals surface area contributed by atoms with Crippen LogP contribution in [0.2, 0.25) is 0 Å². The lowest BCUT2D eigenvalue weighted by atomic mass is 10.1. The molecule has 1 fully saturated rings. The number of tetrazole rings is 1. The zero-order valence-corrected chi connectivity index (χ0v) is 14.9. The molecule has 2 heterocycles. The molecule has 1 atom stereocenters. The van der Waals surface area contributed by atoms with Crippen molar-refractivity contribution in [1.29, 1.82) is 0 Å². The van der Waals surface area contributed by atoms with Crippen molar-refractivity contribution in [2.24, 2.45) is 0 Å². The number of nitrogens with zero attached hydrogens (tertiary/aromatic N) is 5. The van der Waals surface area contributed by atoms with Gasteiger partial charge in [-0.15, -0.1) is 5.10 Å². The number of carbonyl (C=O) groups excluding carboxylic acids is 1. The van der Waals surface area contributed by atoms with E-state index in [1.165, 1.54) is 21.6 Å². The highest BCUT2D eigenvalue weighted by Gasteiger charge is 2.31. The lowest BCUT2D eigenvalue weighted by molar-refractivity contribution is 0.0946. The second-order valence-electron chi connectivity index (χ2n) is 6.14. The number of aryl methyl sites for hydroxylation is 1. The van der Waals surface area contributed by atoms with Gasteiger partial charge in [-0.3, -0.25) is 4.79 Å². The summed E-state index contributed by atoms with van der Waals surface area (Å²) in [7, 11) is -3.24. The molecule has 0 unspecified atom stereocenters. The average Bonchev–Trinajstić information content (AvgIpc) is 3.23. The number of hydrogen-bond acceptors (Lipinski definition) is 6. The Hall–Kier alpha value is -2.33. The Morgan fingerprint density at radius 3 is 2.84 bits per heavy atom. The number of hydrogen-bond donors (Lipinski definition) is 1. The molecule has 0 bridgehead atoms. The van der Waals surface area contributed by atoms with Gasteiger partial charge in [-0.2, -0.15) is 4.31 Å². The van der Waals surface area contributed by atoms with E-state index in [9.17, 15) is 13.2 Å². The molecule has 10 heteroatoms. The maximum atomic E-state index is 12.4. The van der Waals surface area contributed by atoms with E-state index in [2.05, 4.69) is 20.8 Å². The van der Waals surface area contributed by atoms with E-state index in [-0.39, 0.29) is 11.9 Å². The first-order chi connectivity index (χ1) is 11.9. The van der Waals surface area contributed by atoms with E-state index in [1.54, 1.807) is 18.2 Å². The molecule has 134 valence electrons. The van der Waals surface area contributed by atoms with Crippen molar-refractivity contribution in [3.63, 3.8) is 0 Å². The molecule has 1 aliphatic rings. The van der Waals surface area contributed by atoms with Crippen LogP contribution in [0.1, 0.15) is 28.8 Å². The number of carbonyl (C=O) groups is 1. The summed E-state index contributed by atoms with van der Waals surface area (Å²) in [6, 6.07) is 5.05. The number of aromatic nitrogens is 4. The summed E-state index contributed by atoms with van der Waals surface area (Å²) in [5.74, 6) is -0.230. The molecule has 0 radical (unpaired) electrons. The summed E-state index contributed by atoms with van der Waals surface area (Å²) in [5.41, 5.74) is 2.16. The fourth-order valence-electron chi connectivity index (χ4n) is 3.09. The van der Waals surface area contributed by atoms with E-state index in [0.717, 1.165) is 24.1 Å².